The zero-order chi connectivity index (χ0) is 33.6. The smallest absolute Gasteiger partial charge is 0.274 e. The molecule has 1 amide bonds. The molecule has 8 nitrogen and oxygen atoms in total. The fourth-order valence-electron chi connectivity index (χ4n) is 7.42. The Kier molecular flexibility index (Phi) is 11.5. The van der Waals surface area contributed by atoms with E-state index < -0.39 is 12.1 Å². The summed E-state index contributed by atoms with van der Waals surface area (Å²) in [5.41, 5.74) is 3.99. The number of benzene rings is 2. The van der Waals surface area contributed by atoms with Crippen molar-refractivity contribution in [1.82, 2.24) is 15.2 Å². The van der Waals surface area contributed by atoms with Crippen LogP contribution < -0.4 is 25.8 Å². The Balaban J connectivity index is 1.40. The van der Waals surface area contributed by atoms with Crippen LogP contribution in [0.3, 0.4) is 0 Å². The minimum absolute atomic E-state index is 0.0112. The molecule has 2 aromatic carbocycles. The predicted octanol–water partition coefficient (Wildman–Crippen LogP) is 6.36. The molecule has 47 heavy (non-hydrogen) atoms. The lowest BCUT2D eigenvalue weighted by molar-refractivity contribution is 0.0148. The normalized spacial score (nSPS) is 20.7. The number of nitrogens with one attached hydrogen (secondary N) is 2. The molecular weight excluding hydrogens is 588 g/mol. The van der Waals surface area contributed by atoms with Gasteiger partial charge in [0.15, 0.2) is 0 Å². The fourth-order valence-corrected chi connectivity index (χ4v) is 7.42. The highest BCUT2D eigenvalue weighted by molar-refractivity contribution is 5.95. The Morgan fingerprint density at radius 2 is 1.81 bits per heavy atom. The second-order valence-corrected chi connectivity index (χ2v) is 13.8. The Hall–Kier alpha value is -3.62. The van der Waals surface area contributed by atoms with Gasteiger partial charge in [-0.1, -0.05) is 82.5 Å². The number of aliphatic hydroxyl groups excluding tert-OH is 1. The van der Waals surface area contributed by atoms with E-state index in [4.69, 9.17) is 4.74 Å². The van der Waals surface area contributed by atoms with Crippen molar-refractivity contribution in [2.45, 2.75) is 115 Å². The van der Waals surface area contributed by atoms with Gasteiger partial charge in [-0.2, -0.15) is 0 Å². The van der Waals surface area contributed by atoms with Crippen LogP contribution in [0.4, 0.5) is 5.69 Å². The number of rotatable bonds is 14. The first kappa shape index (κ1) is 34.7. The van der Waals surface area contributed by atoms with Crippen molar-refractivity contribution in [1.29, 1.82) is 0 Å². The third kappa shape index (κ3) is 8.10. The average Bonchev–Trinajstić information content (AvgIpc) is 3.62. The highest BCUT2D eigenvalue weighted by Gasteiger charge is 2.39. The van der Waals surface area contributed by atoms with Gasteiger partial charge < -0.3 is 29.9 Å². The molecule has 5 rings (SSSR count). The van der Waals surface area contributed by atoms with Crippen LogP contribution in [-0.4, -0.2) is 54.0 Å². The summed E-state index contributed by atoms with van der Waals surface area (Å²) in [4.78, 5) is 29.1. The summed E-state index contributed by atoms with van der Waals surface area (Å²) < 4.78 is 8.42. The van der Waals surface area contributed by atoms with Crippen LogP contribution >= 0.6 is 0 Å². The maximum Gasteiger partial charge on any atom is 0.274 e. The molecule has 0 bridgehead atoms. The van der Waals surface area contributed by atoms with Gasteiger partial charge in [0.05, 0.1) is 17.7 Å². The van der Waals surface area contributed by atoms with Crippen molar-refractivity contribution >= 4 is 11.6 Å². The molecule has 0 saturated heterocycles. The third-order valence-corrected chi connectivity index (χ3v) is 10.2. The summed E-state index contributed by atoms with van der Waals surface area (Å²) in [5.74, 6) is 0.621. The Bertz CT molecular complexity index is 1550. The van der Waals surface area contributed by atoms with Crippen molar-refractivity contribution in [3.63, 3.8) is 0 Å². The molecule has 3 N–H and O–H groups in total. The van der Waals surface area contributed by atoms with Crippen LogP contribution in [0.1, 0.15) is 111 Å². The number of nitrogens with zero attached hydrogens (tertiary/aromatic N) is 2. The van der Waals surface area contributed by atoms with Crippen molar-refractivity contribution in [2.24, 2.45) is 0 Å². The van der Waals surface area contributed by atoms with Gasteiger partial charge in [-0.05, 0) is 61.8 Å². The lowest BCUT2D eigenvalue weighted by atomic mass is 9.81. The van der Waals surface area contributed by atoms with E-state index in [1.54, 1.807) is 21.7 Å². The molecule has 4 unspecified atom stereocenters. The summed E-state index contributed by atoms with van der Waals surface area (Å²) in [6.07, 6.45) is 10.0. The third-order valence-electron chi connectivity index (χ3n) is 10.2. The van der Waals surface area contributed by atoms with Gasteiger partial charge in [0.25, 0.3) is 11.5 Å². The van der Waals surface area contributed by atoms with E-state index in [0.29, 0.717) is 24.2 Å². The second-order valence-electron chi connectivity index (χ2n) is 13.8. The molecule has 4 atom stereocenters. The summed E-state index contributed by atoms with van der Waals surface area (Å²) >= 11 is 0. The van der Waals surface area contributed by atoms with Crippen LogP contribution in [0.15, 0.2) is 65.6 Å². The number of carbonyl (C=O) groups excluding carboxylic acids is 1. The molecule has 8 heteroatoms. The number of anilines is 1. The second kappa shape index (κ2) is 15.5. The quantitative estimate of drug-likeness (QED) is 0.190. The maximum atomic E-state index is 13.9. The Morgan fingerprint density at radius 1 is 1.06 bits per heavy atom. The first-order valence-corrected chi connectivity index (χ1v) is 17.7. The minimum atomic E-state index is -0.865. The standard InChI is InChI=1S/C39H54N4O4/c1-6-20-39(8-3)24-33(31-21-27(7-2)18-19-36(31)47-39)40-25-35(44)32(22-28-14-10-9-11-15-28)41-37(45)29-23-34(42(4)5)38(46)43(26-29)30-16-12-13-17-30/h9-11,14-15,18-19,21,23,26,30,32-33,35,40,44H,6-8,12-13,16-17,20,22,24-25H2,1-5H3,(H,41,45). The van der Waals surface area contributed by atoms with Gasteiger partial charge in [0, 0.05) is 50.9 Å². The zero-order valence-corrected chi connectivity index (χ0v) is 28.9. The van der Waals surface area contributed by atoms with Crippen LogP contribution in [-0.2, 0) is 12.8 Å². The molecule has 1 aliphatic carbocycles. The number of hydrogen-bond donors (Lipinski definition) is 3. The molecule has 1 aliphatic heterocycles. The SMILES string of the molecule is CCCC1(CC)CC(NCC(O)C(Cc2ccccc2)NC(=O)c2cc(N(C)C)c(=O)n(C3CCCC3)c2)c2cc(CC)ccc2O1. The van der Waals surface area contributed by atoms with Crippen LogP contribution in [0.5, 0.6) is 5.75 Å². The molecule has 1 aromatic heterocycles. The topological polar surface area (TPSA) is 95.8 Å². The first-order chi connectivity index (χ1) is 22.7. The van der Waals surface area contributed by atoms with Crippen molar-refractivity contribution in [3.8, 4) is 5.75 Å². The van der Waals surface area contributed by atoms with Crippen LogP contribution in [0, 0.1) is 0 Å². The molecule has 2 aliphatic rings. The molecule has 0 spiro atoms. The number of aliphatic hydroxyl groups is 1. The van der Waals surface area contributed by atoms with Gasteiger partial charge >= 0.3 is 0 Å². The molecule has 254 valence electrons. The van der Waals surface area contributed by atoms with E-state index >= 15 is 0 Å². The minimum Gasteiger partial charge on any atom is -0.487 e. The van der Waals surface area contributed by atoms with Gasteiger partial charge in [0.1, 0.15) is 17.0 Å². The predicted molar refractivity (Wildman–Crippen MR) is 190 cm³/mol. The van der Waals surface area contributed by atoms with E-state index in [1.807, 2.05) is 44.4 Å². The molecular formula is C39H54N4O4. The average molecular weight is 643 g/mol. The van der Waals surface area contributed by atoms with Crippen molar-refractivity contribution in [2.75, 3.05) is 25.5 Å². The van der Waals surface area contributed by atoms with E-state index in [2.05, 4.69) is 49.6 Å². The zero-order valence-electron chi connectivity index (χ0n) is 28.9. The number of carbonyl (C=O) groups is 1. The van der Waals surface area contributed by atoms with Gasteiger partial charge in [-0.3, -0.25) is 9.59 Å². The number of aryl methyl sites for hydroxylation is 1. The fraction of sp³-hybridized carbons (Fsp3) is 0.538. The van der Waals surface area contributed by atoms with Gasteiger partial charge in [-0.25, -0.2) is 0 Å². The maximum absolute atomic E-state index is 13.9. The highest BCUT2D eigenvalue weighted by Crippen LogP contribution is 2.43. The van der Waals surface area contributed by atoms with E-state index in [-0.39, 0.29) is 29.2 Å². The lowest BCUT2D eigenvalue weighted by Crippen LogP contribution is -2.50. The number of pyridine rings is 1. The monoisotopic (exact) mass is 642 g/mol. The summed E-state index contributed by atoms with van der Waals surface area (Å²) in [5, 5.41) is 18.6. The number of ether oxygens (including phenoxy) is 1. The Labute approximate surface area is 280 Å². The number of amides is 1. The summed E-state index contributed by atoms with van der Waals surface area (Å²) in [6, 6.07) is 17.7. The van der Waals surface area contributed by atoms with E-state index in [9.17, 15) is 14.7 Å². The number of fused-ring (bicyclic) bond motifs is 1. The molecule has 1 saturated carbocycles. The van der Waals surface area contributed by atoms with Crippen molar-refractivity contribution < 1.29 is 14.6 Å². The van der Waals surface area contributed by atoms with E-state index in [0.717, 1.165) is 74.7 Å². The molecule has 0 radical (unpaired) electrons. The van der Waals surface area contributed by atoms with Crippen LogP contribution in [0.25, 0.3) is 0 Å². The lowest BCUT2D eigenvalue weighted by Gasteiger charge is -2.43. The summed E-state index contributed by atoms with van der Waals surface area (Å²) in [7, 11) is 3.66. The first-order valence-electron chi connectivity index (χ1n) is 17.7. The molecule has 1 fully saturated rings. The Morgan fingerprint density at radius 3 is 2.47 bits per heavy atom. The largest absolute Gasteiger partial charge is 0.487 e. The highest BCUT2D eigenvalue weighted by atomic mass is 16.5. The van der Waals surface area contributed by atoms with Crippen LogP contribution in [0.2, 0.25) is 0 Å². The summed E-state index contributed by atoms with van der Waals surface area (Å²) in [6.45, 7) is 6.84. The molecule has 3 aromatic rings. The number of aromatic nitrogens is 1. The van der Waals surface area contributed by atoms with Gasteiger partial charge in [-0.15, -0.1) is 0 Å². The van der Waals surface area contributed by atoms with E-state index in [1.165, 1.54) is 5.56 Å². The van der Waals surface area contributed by atoms with Gasteiger partial charge in [0.2, 0.25) is 0 Å². The van der Waals surface area contributed by atoms with Crippen molar-refractivity contribution in [3.05, 3.63) is 93.4 Å². The number of hydrogen-bond acceptors (Lipinski definition) is 6. The molecule has 2 heterocycles.